The van der Waals surface area contributed by atoms with Crippen LogP contribution in [0.3, 0.4) is 0 Å². The van der Waals surface area contributed by atoms with Crippen molar-refractivity contribution in [2.75, 3.05) is 32.9 Å². The van der Waals surface area contributed by atoms with Gasteiger partial charge in [0.15, 0.2) is 0 Å². The number of benzene rings is 2. The second-order valence-electron chi connectivity index (χ2n) is 6.36. The molecule has 2 aromatic carbocycles. The molecule has 2 aliphatic heterocycles. The highest BCUT2D eigenvalue weighted by molar-refractivity contribution is 5.51. The third-order valence-electron chi connectivity index (χ3n) is 4.68. The summed E-state index contributed by atoms with van der Waals surface area (Å²) in [5, 5.41) is 11.2. The van der Waals surface area contributed by atoms with Crippen molar-refractivity contribution in [3.63, 3.8) is 0 Å². The molecule has 1 atom stereocenters. The first kappa shape index (κ1) is 17.5. The van der Waals surface area contributed by atoms with Gasteiger partial charge in [-0.3, -0.25) is 15.0 Å². The predicted octanol–water partition coefficient (Wildman–Crippen LogP) is 3.32. The number of hydrogen-bond donors (Lipinski definition) is 0. The fraction of sp³-hybridized carbons (Fsp3) is 0.300. The molecule has 2 aliphatic rings. The van der Waals surface area contributed by atoms with Crippen molar-refractivity contribution >= 4 is 5.69 Å². The van der Waals surface area contributed by atoms with E-state index in [4.69, 9.17) is 14.2 Å². The lowest BCUT2D eigenvalue weighted by Crippen LogP contribution is -2.39. The molecule has 4 rings (SSSR count). The van der Waals surface area contributed by atoms with Crippen molar-refractivity contribution in [3.05, 3.63) is 76.0 Å². The molecule has 0 radical (unpaired) electrons. The van der Waals surface area contributed by atoms with E-state index < -0.39 is 0 Å². The van der Waals surface area contributed by atoms with Crippen molar-refractivity contribution in [1.82, 2.24) is 4.90 Å². The van der Waals surface area contributed by atoms with E-state index >= 15 is 0 Å². The number of hydrogen-bond acceptors (Lipinski definition) is 6. The van der Waals surface area contributed by atoms with Crippen molar-refractivity contribution in [2.45, 2.75) is 6.04 Å². The van der Waals surface area contributed by atoms with Gasteiger partial charge in [-0.15, -0.1) is 0 Å². The van der Waals surface area contributed by atoms with Crippen LogP contribution in [0.15, 0.2) is 60.4 Å². The number of nitro groups is 1. The van der Waals surface area contributed by atoms with Crippen LogP contribution in [0.1, 0.15) is 11.6 Å². The van der Waals surface area contributed by atoms with Crippen LogP contribution in [-0.4, -0.2) is 42.7 Å². The number of nitro benzene ring substituents is 1. The van der Waals surface area contributed by atoms with Gasteiger partial charge in [-0.1, -0.05) is 18.2 Å². The number of fused-ring (bicyclic) bond motifs is 1. The summed E-state index contributed by atoms with van der Waals surface area (Å²) in [7, 11) is 0. The predicted molar refractivity (Wildman–Crippen MR) is 98.9 cm³/mol. The molecule has 27 heavy (non-hydrogen) atoms. The fourth-order valence-corrected chi connectivity index (χ4v) is 3.39. The van der Waals surface area contributed by atoms with E-state index in [0.717, 1.165) is 30.2 Å². The number of nitrogens with zero attached hydrogens (tertiary/aromatic N) is 2. The lowest BCUT2D eigenvalue weighted by molar-refractivity contribution is -0.384. The van der Waals surface area contributed by atoms with E-state index in [0.29, 0.717) is 25.6 Å². The quantitative estimate of drug-likeness (QED) is 0.595. The van der Waals surface area contributed by atoms with Crippen LogP contribution in [0.2, 0.25) is 0 Å². The van der Waals surface area contributed by atoms with Crippen molar-refractivity contribution < 1.29 is 19.1 Å². The largest absolute Gasteiger partial charge is 0.489 e. The Morgan fingerprint density at radius 3 is 2.70 bits per heavy atom. The molecule has 0 saturated carbocycles. The Morgan fingerprint density at radius 1 is 1.19 bits per heavy atom. The lowest BCUT2D eigenvalue weighted by atomic mass is 10.0. The number of morpholine rings is 1. The molecule has 0 amide bonds. The van der Waals surface area contributed by atoms with E-state index in [-0.39, 0.29) is 16.7 Å². The van der Waals surface area contributed by atoms with Crippen LogP contribution in [-0.2, 0) is 4.74 Å². The summed E-state index contributed by atoms with van der Waals surface area (Å²) >= 11 is 0. The van der Waals surface area contributed by atoms with E-state index in [9.17, 15) is 10.1 Å². The summed E-state index contributed by atoms with van der Waals surface area (Å²) in [4.78, 5) is 13.0. The number of ether oxygens (including phenoxy) is 3. The van der Waals surface area contributed by atoms with Crippen molar-refractivity contribution in [2.24, 2.45) is 0 Å². The molecule has 0 bridgehead atoms. The average molecular weight is 368 g/mol. The Balaban J connectivity index is 1.59. The molecule has 1 unspecified atom stereocenters. The average Bonchev–Trinajstić information content (AvgIpc) is 3.07. The zero-order valence-electron chi connectivity index (χ0n) is 14.7. The molecule has 2 aromatic rings. The van der Waals surface area contributed by atoms with Gasteiger partial charge in [-0.25, -0.2) is 0 Å². The van der Waals surface area contributed by atoms with Crippen molar-refractivity contribution in [3.8, 4) is 11.5 Å². The molecule has 1 fully saturated rings. The number of para-hydroxylation sites is 1. The Bertz CT molecular complexity index is 847. The zero-order chi connectivity index (χ0) is 18.6. The van der Waals surface area contributed by atoms with Crippen LogP contribution in [0, 0.1) is 10.1 Å². The normalized spacial score (nSPS) is 20.9. The minimum atomic E-state index is -0.378. The molecule has 0 spiro atoms. The monoisotopic (exact) mass is 368 g/mol. The Kier molecular flexibility index (Phi) is 5.04. The highest BCUT2D eigenvalue weighted by Crippen LogP contribution is 2.44. The molecule has 0 aliphatic carbocycles. The minimum Gasteiger partial charge on any atom is -0.489 e. The molecule has 2 heterocycles. The topological polar surface area (TPSA) is 74.1 Å². The molecule has 0 N–H and O–H groups in total. The lowest BCUT2D eigenvalue weighted by Gasteiger charge is -2.32. The van der Waals surface area contributed by atoms with Gasteiger partial charge in [0.05, 0.1) is 24.2 Å². The minimum absolute atomic E-state index is 0.0670. The first-order chi connectivity index (χ1) is 13.2. The van der Waals surface area contributed by atoms with Crippen LogP contribution in [0.25, 0.3) is 0 Å². The van der Waals surface area contributed by atoms with Crippen LogP contribution in [0.5, 0.6) is 11.5 Å². The van der Waals surface area contributed by atoms with Gasteiger partial charge in [0.1, 0.15) is 23.9 Å². The van der Waals surface area contributed by atoms with Gasteiger partial charge >= 0.3 is 0 Å². The number of rotatable bonds is 5. The second kappa shape index (κ2) is 7.77. The van der Waals surface area contributed by atoms with Crippen LogP contribution < -0.4 is 9.47 Å². The molecule has 0 aromatic heterocycles. The Labute approximate surface area is 156 Å². The summed E-state index contributed by atoms with van der Waals surface area (Å²) in [6.45, 7) is 3.11. The zero-order valence-corrected chi connectivity index (χ0v) is 14.7. The van der Waals surface area contributed by atoms with E-state index in [2.05, 4.69) is 4.90 Å². The summed E-state index contributed by atoms with van der Waals surface area (Å²) in [6, 6.07) is 14.1. The molecule has 7 heteroatoms. The van der Waals surface area contributed by atoms with Gasteiger partial charge in [-0.2, -0.15) is 0 Å². The molecular formula is C20H20N2O5. The Hall–Kier alpha value is -2.90. The van der Waals surface area contributed by atoms with Gasteiger partial charge in [0.25, 0.3) is 5.69 Å². The smallest absolute Gasteiger partial charge is 0.270 e. The fourth-order valence-electron chi connectivity index (χ4n) is 3.39. The van der Waals surface area contributed by atoms with Gasteiger partial charge in [0, 0.05) is 30.8 Å². The molecule has 140 valence electrons. The van der Waals surface area contributed by atoms with Crippen LogP contribution >= 0.6 is 0 Å². The third kappa shape index (κ3) is 3.79. The van der Waals surface area contributed by atoms with Crippen LogP contribution in [0.4, 0.5) is 5.69 Å². The standard InChI is InChI=1S/C20H20N2O5/c23-22(24)15-6-7-18-17(14-15)20(21-9-12-25-13-10-21)19(27-18)8-11-26-16-4-2-1-3-5-16/h1-8,14,20H,9-13H2/b19-8-. The van der Waals surface area contributed by atoms with E-state index in [1.807, 2.05) is 36.4 Å². The number of non-ortho nitro benzene ring substituents is 1. The Morgan fingerprint density at radius 2 is 1.96 bits per heavy atom. The van der Waals surface area contributed by atoms with E-state index in [1.54, 1.807) is 12.1 Å². The first-order valence-corrected chi connectivity index (χ1v) is 8.88. The van der Waals surface area contributed by atoms with E-state index in [1.165, 1.54) is 6.07 Å². The highest BCUT2D eigenvalue weighted by Gasteiger charge is 2.36. The summed E-state index contributed by atoms with van der Waals surface area (Å²) in [6.07, 6.45) is 1.90. The van der Waals surface area contributed by atoms with Gasteiger partial charge < -0.3 is 14.2 Å². The SMILES string of the molecule is O=[N+]([O-])c1ccc2c(c1)C(N1CCOCC1)/C(=C/COc1ccccc1)O2. The summed E-state index contributed by atoms with van der Waals surface area (Å²) in [5.41, 5.74) is 0.884. The second-order valence-corrected chi connectivity index (χ2v) is 6.36. The van der Waals surface area contributed by atoms with Gasteiger partial charge in [-0.05, 0) is 24.3 Å². The van der Waals surface area contributed by atoms with Crippen molar-refractivity contribution in [1.29, 1.82) is 0 Å². The molecule has 1 saturated heterocycles. The van der Waals surface area contributed by atoms with Gasteiger partial charge in [0.2, 0.25) is 0 Å². The highest BCUT2D eigenvalue weighted by atomic mass is 16.6. The maximum absolute atomic E-state index is 11.2. The maximum atomic E-state index is 11.2. The molecule has 7 nitrogen and oxygen atoms in total. The molecular weight excluding hydrogens is 348 g/mol. The first-order valence-electron chi connectivity index (χ1n) is 8.88. The summed E-state index contributed by atoms with van der Waals surface area (Å²) < 4.78 is 17.2. The summed E-state index contributed by atoms with van der Waals surface area (Å²) in [5.74, 6) is 2.18. The maximum Gasteiger partial charge on any atom is 0.270 e. The third-order valence-corrected chi connectivity index (χ3v) is 4.68.